The number of hydrogen-bond acceptors (Lipinski definition) is 5. The molecule has 0 unspecified atom stereocenters. The van der Waals surface area contributed by atoms with E-state index >= 15 is 0 Å². The molecular weight excluding hydrogens is 270 g/mol. The van der Waals surface area contributed by atoms with Gasteiger partial charge in [-0.3, -0.25) is 4.40 Å². The minimum Gasteiger partial charge on any atom is -0.465 e. The Hall–Kier alpha value is -1.66. The maximum atomic E-state index is 11.6. The molecule has 0 N–H and O–H groups in total. The van der Waals surface area contributed by atoms with E-state index in [1.54, 1.807) is 17.7 Å². The van der Waals surface area contributed by atoms with Crippen molar-refractivity contribution in [3.63, 3.8) is 0 Å². The number of hydrogen-bond donors (Lipinski definition) is 0. The molecule has 0 bridgehead atoms. The van der Waals surface area contributed by atoms with E-state index in [2.05, 4.69) is 14.9 Å². The van der Waals surface area contributed by atoms with Crippen molar-refractivity contribution >= 4 is 23.2 Å². The van der Waals surface area contributed by atoms with Gasteiger partial charge in [0.1, 0.15) is 5.60 Å². The summed E-state index contributed by atoms with van der Waals surface area (Å²) < 4.78 is 11.7. The van der Waals surface area contributed by atoms with Gasteiger partial charge in [0.15, 0.2) is 11.5 Å². The van der Waals surface area contributed by atoms with E-state index in [4.69, 9.17) is 16.3 Å². The van der Waals surface area contributed by atoms with Crippen LogP contribution in [0.4, 0.5) is 0 Å². The molecule has 0 aliphatic heterocycles. The van der Waals surface area contributed by atoms with Crippen LogP contribution in [0.2, 0.25) is 5.02 Å². The number of methoxy groups -OCH3 is 2. The third-order valence-corrected chi connectivity index (χ3v) is 3.21. The summed E-state index contributed by atoms with van der Waals surface area (Å²) in [5, 5.41) is 8.41. The lowest BCUT2D eigenvalue weighted by molar-refractivity contribution is 0.0106. The van der Waals surface area contributed by atoms with Gasteiger partial charge in [-0.1, -0.05) is 11.6 Å². The van der Waals surface area contributed by atoms with Gasteiger partial charge in [-0.25, -0.2) is 4.79 Å². The molecule has 0 aliphatic carbocycles. The fourth-order valence-corrected chi connectivity index (χ4v) is 1.93. The molecule has 6 nitrogen and oxygen atoms in total. The summed E-state index contributed by atoms with van der Waals surface area (Å²) in [5.41, 5.74) is 0.139. The Balaban J connectivity index is 2.70. The highest BCUT2D eigenvalue weighted by Crippen LogP contribution is 2.26. The van der Waals surface area contributed by atoms with Crippen molar-refractivity contribution in [1.29, 1.82) is 0 Å². The highest BCUT2D eigenvalue weighted by Gasteiger charge is 2.27. The minimum atomic E-state index is -0.655. The molecule has 0 saturated heterocycles. The molecule has 0 amide bonds. The van der Waals surface area contributed by atoms with Gasteiger partial charge in [-0.15, -0.1) is 10.2 Å². The van der Waals surface area contributed by atoms with Crippen LogP contribution < -0.4 is 0 Å². The second kappa shape index (κ2) is 4.79. The van der Waals surface area contributed by atoms with Gasteiger partial charge in [-0.2, -0.15) is 0 Å². The van der Waals surface area contributed by atoms with Crippen LogP contribution in [0.5, 0.6) is 0 Å². The number of rotatable bonds is 3. The molecule has 0 atom stereocenters. The van der Waals surface area contributed by atoms with Crippen LogP contribution in [0.25, 0.3) is 5.65 Å². The molecule has 7 heteroatoms. The van der Waals surface area contributed by atoms with Gasteiger partial charge in [0.2, 0.25) is 0 Å². The first-order chi connectivity index (χ1) is 8.90. The maximum absolute atomic E-state index is 11.6. The molecule has 0 radical (unpaired) electrons. The second-order valence-corrected chi connectivity index (χ2v) is 4.91. The van der Waals surface area contributed by atoms with E-state index in [1.165, 1.54) is 13.2 Å². The van der Waals surface area contributed by atoms with E-state index in [0.29, 0.717) is 22.1 Å². The number of fused-ring (bicyclic) bond motifs is 1. The summed E-state index contributed by atoms with van der Waals surface area (Å²) in [6, 6.07) is 1.50. The Labute approximate surface area is 115 Å². The first kappa shape index (κ1) is 13.8. The van der Waals surface area contributed by atoms with Crippen molar-refractivity contribution in [2.75, 3.05) is 14.2 Å². The first-order valence-corrected chi connectivity index (χ1v) is 5.96. The monoisotopic (exact) mass is 283 g/mol. The third kappa shape index (κ3) is 2.29. The molecule has 2 aromatic heterocycles. The van der Waals surface area contributed by atoms with Crippen LogP contribution in [0.15, 0.2) is 12.3 Å². The Kier molecular flexibility index (Phi) is 3.47. The SMILES string of the molecule is COC(=O)c1cc(Cl)c2nnc(C(C)(C)OC)n2c1. The molecule has 2 rings (SSSR count). The number of aromatic nitrogens is 3. The van der Waals surface area contributed by atoms with E-state index in [-0.39, 0.29) is 0 Å². The van der Waals surface area contributed by atoms with Crippen molar-refractivity contribution in [1.82, 2.24) is 14.6 Å². The molecule has 0 fully saturated rings. The minimum absolute atomic E-state index is 0.327. The Morgan fingerprint density at radius 2 is 2.05 bits per heavy atom. The number of pyridine rings is 1. The van der Waals surface area contributed by atoms with Gasteiger partial charge >= 0.3 is 5.97 Å². The van der Waals surface area contributed by atoms with E-state index < -0.39 is 11.6 Å². The molecular formula is C12H14ClN3O3. The summed E-state index contributed by atoms with van der Waals surface area (Å²) in [5.74, 6) is 0.0799. The maximum Gasteiger partial charge on any atom is 0.339 e. The molecule has 2 aromatic rings. The first-order valence-electron chi connectivity index (χ1n) is 5.59. The summed E-state index contributed by atoms with van der Waals surface area (Å²) in [6.45, 7) is 3.70. The van der Waals surface area contributed by atoms with Crippen LogP contribution >= 0.6 is 11.6 Å². The quantitative estimate of drug-likeness (QED) is 0.807. The predicted octanol–water partition coefficient (Wildman–Crippen LogP) is 2.05. The van der Waals surface area contributed by atoms with E-state index in [0.717, 1.165) is 0 Å². The average Bonchev–Trinajstić information content (AvgIpc) is 2.82. The van der Waals surface area contributed by atoms with Gasteiger partial charge in [0.05, 0.1) is 17.7 Å². The number of nitrogens with zero attached hydrogens (tertiary/aromatic N) is 3. The zero-order valence-corrected chi connectivity index (χ0v) is 11.9. The Bertz CT molecular complexity index is 636. The lowest BCUT2D eigenvalue weighted by Gasteiger charge is -2.20. The van der Waals surface area contributed by atoms with Crippen molar-refractivity contribution in [2.45, 2.75) is 19.4 Å². The van der Waals surface area contributed by atoms with Crippen LogP contribution in [0.3, 0.4) is 0 Å². The predicted molar refractivity (Wildman–Crippen MR) is 69.4 cm³/mol. The number of carbonyl (C=O) groups is 1. The lowest BCUT2D eigenvalue weighted by Crippen LogP contribution is -2.23. The summed E-state index contributed by atoms with van der Waals surface area (Å²) >= 11 is 6.10. The Morgan fingerprint density at radius 3 is 2.63 bits per heavy atom. The standard InChI is InChI=1S/C12H14ClN3O3/c1-12(2,19-4)11-15-14-9-8(13)5-7(6-16(9)11)10(17)18-3/h5-6H,1-4H3. The van der Waals surface area contributed by atoms with Gasteiger partial charge in [0, 0.05) is 13.3 Å². The molecule has 0 spiro atoms. The van der Waals surface area contributed by atoms with Crippen LogP contribution in [-0.2, 0) is 15.1 Å². The largest absolute Gasteiger partial charge is 0.465 e. The van der Waals surface area contributed by atoms with Crippen molar-refractivity contribution in [2.24, 2.45) is 0 Å². The highest BCUT2D eigenvalue weighted by molar-refractivity contribution is 6.33. The number of halogens is 1. The third-order valence-electron chi connectivity index (χ3n) is 2.93. The fourth-order valence-electron chi connectivity index (χ4n) is 1.69. The number of ether oxygens (including phenoxy) is 2. The number of esters is 1. The van der Waals surface area contributed by atoms with Gasteiger partial charge < -0.3 is 9.47 Å². The molecule has 102 valence electrons. The second-order valence-electron chi connectivity index (χ2n) is 4.50. The molecule has 0 saturated carbocycles. The smallest absolute Gasteiger partial charge is 0.339 e. The molecule has 19 heavy (non-hydrogen) atoms. The zero-order chi connectivity index (χ0) is 14.2. The molecule has 0 aromatic carbocycles. The highest BCUT2D eigenvalue weighted by atomic mass is 35.5. The van der Waals surface area contributed by atoms with Crippen LogP contribution in [0, 0.1) is 0 Å². The van der Waals surface area contributed by atoms with Crippen molar-refractivity contribution in [3.05, 3.63) is 28.7 Å². The van der Waals surface area contributed by atoms with Crippen molar-refractivity contribution < 1.29 is 14.3 Å². The van der Waals surface area contributed by atoms with E-state index in [9.17, 15) is 4.79 Å². The molecule has 2 heterocycles. The molecule has 0 aliphatic rings. The topological polar surface area (TPSA) is 65.7 Å². The Morgan fingerprint density at radius 1 is 1.37 bits per heavy atom. The van der Waals surface area contributed by atoms with Gasteiger partial charge in [-0.05, 0) is 19.9 Å². The van der Waals surface area contributed by atoms with E-state index in [1.807, 2.05) is 13.8 Å². The average molecular weight is 284 g/mol. The summed E-state index contributed by atoms with van der Waals surface area (Å²) in [4.78, 5) is 11.6. The van der Waals surface area contributed by atoms with Gasteiger partial charge in [0.25, 0.3) is 0 Å². The zero-order valence-electron chi connectivity index (χ0n) is 11.1. The lowest BCUT2D eigenvalue weighted by atomic mass is 10.1. The van der Waals surface area contributed by atoms with Crippen LogP contribution in [0.1, 0.15) is 30.0 Å². The normalized spacial score (nSPS) is 11.8. The fraction of sp³-hybridized carbons (Fsp3) is 0.417. The number of carbonyl (C=O) groups excluding carboxylic acids is 1. The summed E-state index contributed by atoms with van der Waals surface area (Å²) in [6.07, 6.45) is 1.59. The summed E-state index contributed by atoms with van der Waals surface area (Å²) in [7, 11) is 2.89. The van der Waals surface area contributed by atoms with Crippen molar-refractivity contribution in [3.8, 4) is 0 Å². The van der Waals surface area contributed by atoms with Crippen LogP contribution in [-0.4, -0.2) is 34.8 Å².